The van der Waals surface area contributed by atoms with Gasteiger partial charge in [-0.3, -0.25) is 9.59 Å². The van der Waals surface area contributed by atoms with Gasteiger partial charge < -0.3 is 15.2 Å². The van der Waals surface area contributed by atoms with E-state index in [1.807, 2.05) is 20.8 Å². The van der Waals surface area contributed by atoms with Gasteiger partial charge in [-0.15, -0.1) is 0 Å². The van der Waals surface area contributed by atoms with Crippen LogP contribution in [-0.4, -0.2) is 49.5 Å². The summed E-state index contributed by atoms with van der Waals surface area (Å²) in [5.74, 6) is -0.436. The van der Waals surface area contributed by atoms with E-state index in [1.54, 1.807) is 6.92 Å². The van der Waals surface area contributed by atoms with Crippen LogP contribution < -0.4 is 10.6 Å². The van der Waals surface area contributed by atoms with Crippen LogP contribution in [0.25, 0.3) is 0 Å². The zero-order valence-corrected chi connectivity index (χ0v) is 15.1. The molecule has 2 N–H and O–H groups in total. The smallest absolute Gasteiger partial charge is 0.257 e. The van der Waals surface area contributed by atoms with E-state index < -0.39 is 21.7 Å². The predicted molar refractivity (Wildman–Crippen MR) is 87.5 cm³/mol. The average molecular weight is 357 g/mol. The number of carbonyl (C=O) groups excluding carboxylic acids is 2. The van der Waals surface area contributed by atoms with Gasteiger partial charge in [-0.1, -0.05) is 25.9 Å². The van der Waals surface area contributed by atoms with E-state index in [9.17, 15) is 18.0 Å². The first-order valence-electron chi connectivity index (χ1n) is 7.74. The van der Waals surface area contributed by atoms with Gasteiger partial charge in [-0.05, 0) is 13.3 Å². The van der Waals surface area contributed by atoms with Gasteiger partial charge in [0, 0.05) is 11.5 Å². The van der Waals surface area contributed by atoms with E-state index >= 15 is 0 Å². The molecule has 1 unspecified atom stereocenters. The second-order valence-electron chi connectivity index (χ2n) is 7.06. The average Bonchev–Trinajstić information content (AvgIpc) is 2.98. The van der Waals surface area contributed by atoms with Crippen LogP contribution in [-0.2, 0) is 20.0 Å². The van der Waals surface area contributed by atoms with E-state index in [0.29, 0.717) is 23.4 Å². The summed E-state index contributed by atoms with van der Waals surface area (Å²) in [5.41, 5.74) is 0.490. The Kier molecular flexibility index (Phi) is 5.03. The topological polar surface area (TPSA) is 118 Å². The van der Waals surface area contributed by atoms with Crippen LogP contribution in [0.4, 0.5) is 0 Å². The molecule has 0 radical (unpaired) electrons. The molecule has 0 aliphatic carbocycles. The van der Waals surface area contributed by atoms with Crippen molar-refractivity contribution < 1.29 is 22.5 Å². The van der Waals surface area contributed by atoms with E-state index in [1.165, 1.54) is 0 Å². The van der Waals surface area contributed by atoms with Crippen LogP contribution >= 0.6 is 0 Å². The van der Waals surface area contributed by atoms with Crippen LogP contribution in [0.5, 0.6) is 0 Å². The van der Waals surface area contributed by atoms with E-state index in [0.717, 1.165) is 0 Å². The Morgan fingerprint density at radius 2 is 2.00 bits per heavy atom. The molecule has 1 aliphatic heterocycles. The van der Waals surface area contributed by atoms with Gasteiger partial charge in [0.05, 0.1) is 18.1 Å². The summed E-state index contributed by atoms with van der Waals surface area (Å²) in [6.07, 6.45) is 0.404. The van der Waals surface area contributed by atoms with E-state index in [2.05, 4.69) is 15.8 Å². The number of hydrogen-bond donors (Lipinski definition) is 2. The van der Waals surface area contributed by atoms with Crippen LogP contribution in [0.2, 0.25) is 0 Å². The van der Waals surface area contributed by atoms with Crippen molar-refractivity contribution in [2.75, 3.05) is 18.1 Å². The summed E-state index contributed by atoms with van der Waals surface area (Å²) in [6.45, 7) is 7.14. The van der Waals surface area contributed by atoms with E-state index in [-0.39, 0.29) is 29.5 Å². The lowest BCUT2D eigenvalue weighted by molar-refractivity contribution is -0.120. The number of nitrogens with zero attached hydrogens (tertiary/aromatic N) is 1. The molecule has 0 saturated carbocycles. The molecule has 134 valence electrons. The lowest BCUT2D eigenvalue weighted by Gasteiger charge is -2.16. The number of carbonyl (C=O) groups is 2. The third-order valence-electron chi connectivity index (χ3n) is 3.81. The molecule has 2 rings (SSSR count). The molecule has 2 heterocycles. The summed E-state index contributed by atoms with van der Waals surface area (Å²) in [6, 6.07) is -0.387. The molecule has 0 bridgehead atoms. The monoisotopic (exact) mass is 357 g/mol. The maximum Gasteiger partial charge on any atom is 0.257 e. The van der Waals surface area contributed by atoms with Crippen molar-refractivity contribution >= 4 is 21.7 Å². The fraction of sp³-hybridized carbons (Fsp3) is 0.667. The molecule has 9 heteroatoms. The first-order valence-corrected chi connectivity index (χ1v) is 9.56. The number of aryl methyl sites for hydroxylation is 1. The van der Waals surface area contributed by atoms with Gasteiger partial charge in [-0.25, -0.2) is 8.42 Å². The second-order valence-corrected chi connectivity index (χ2v) is 9.29. The first-order chi connectivity index (χ1) is 11.0. The summed E-state index contributed by atoms with van der Waals surface area (Å²) < 4.78 is 27.9. The Morgan fingerprint density at radius 3 is 2.54 bits per heavy atom. The summed E-state index contributed by atoms with van der Waals surface area (Å²) in [4.78, 5) is 24.2. The van der Waals surface area contributed by atoms with Crippen molar-refractivity contribution in [1.29, 1.82) is 0 Å². The third kappa shape index (κ3) is 4.34. The molecule has 1 aliphatic rings. The number of aromatic nitrogens is 1. The Hall–Kier alpha value is -1.90. The molecule has 2 amide bonds. The van der Waals surface area contributed by atoms with Crippen LogP contribution in [0.15, 0.2) is 4.52 Å². The van der Waals surface area contributed by atoms with Crippen LogP contribution in [0.1, 0.15) is 49.0 Å². The highest BCUT2D eigenvalue weighted by Gasteiger charge is 2.30. The Balaban J connectivity index is 1.94. The summed E-state index contributed by atoms with van der Waals surface area (Å²) >= 11 is 0. The SMILES string of the molecule is Cc1onc(C(C)(C)C)c1C(=O)NCC(=O)NC1CCS(=O)(=O)C1. The van der Waals surface area contributed by atoms with Gasteiger partial charge in [0.25, 0.3) is 5.91 Å². The zero-order chi connectivity index (χ0) is 18.1. The predicted octanol–water partition coefficient (Wildman–Crippen LogP) is 0.314. The minimum absolute atomic E-state index is 0.0500. The quantitative estimate of drug-likeness (QED) is 0.801. The van der Waals surface area contributed by atoms with Crippen molar-refractivity contribution in [2.24, 2.45) is 0 Å². The molecular formula is C15H23N3O5S. The maximum absolute atomic E-state index is 12.4. The van der Waals surface area contributed by atoms with Gasteiger partial charge in [0.2, 0.25) is 5.91 Å². The summed E-state index contributed by atoms with van der Waals surface area (Å²) in [5, 5.41) is 9.09. The number of amides is 2. The zero-order valence-electron chi connectivity index (χ0n) is 14.3. The van der Waals surface area contributed by atoms with Crippen molar-refractivity contribution in [1.82, 2.24) is 15.8 Å². The molecular weight excluding hydrogens is 334 g/mol. The lowest BCUT2D eigenvalue weighted by Crippen LogP contribution is -2.42. The number of hydrogen-bond acceptors (Lipinski definition) is 6. The van der Waals surface area contributed by atoms with Gasteiger partial charge in [-0.2, -0.15) is 0 Å². The first kappa shape index (κ1) is 18.4. The number of sulfone groups is 1. The molecule has 0 aromatic carbocycles. The Bertz CT molecular complexity index is 746. The fourth-order valence-corrected chi connectivity index (χ4v) is 4.26. The second kappa shape index (κ2) is 6.54. The molecule has 1 aromatic heterocycles. The van der Waals surface area contributed by atoms with Crippen LogP contribution in [0.3, 0.4) is 0 Å². The molecule has 1 fully saturated rings. The number of rotatable bonds is 4. The molecule has 1 aromatic rings. The van der Waals surface area contributed by atoms with Crippen molar-refractivity contribution in [3.63, 3.8) is 0 Å². The van der Waals surface area contributed by atoms with Crippen molar-refractivity contribution in [2.45, 2.75) is 45.6 Å². The largest absolute Gasteiger partial charge is 0.361 e. The fourth-order valence-electron chi connectivity index (χ4n) is 2.59. The van der Waals surface area contributed by atoms with Crippen molar-refractivity contribution in [3.8, 4) is 0 Å². The van der Waals surface area contributed by atoms with Gasteiger partial charge in [0.15, 0.2) is 9.84 Å². The standard InChI is InChI=1S/C15H23N3O5S/c1-9-12(13(18-23-9)15(2,3)4)14(20)16-7-11(19)17-10-5-6-24(21,22)8-10/h10H,5-8H2,1-4H3,(H,16,20)(H,17,19). The lowest BCUT2D eigenvalue weighted by atomic mass is 9.88. The van der Waals surface area contributed by atoms with E-state index in [4.69, 9.17) is 4.52 Å². The molecule has 1 saturated heterocycles. The molecule has 8 nitrogen and oxygen atoms in total. The van der Waals surface area contributed by atoms with Crippen molar-refractivity contribution in [3.05, 3.63) is 17.0 Å². The highest BCUT2D eigenvalue weighted by Crippen LogP contribution is 2.26. The summed E-state index contributed by atoms with van der Waals surface area (Å²) in [7, 11) is -3.06. The highest BCUT2D eigenvalue weighted by atomic mass is 32.2. The minimum atomic E-state index is -3.06. The normalized spacial score (nSPS) is 19.9. The number of nitrogens with one attached hydrogen (secondary N) is 2. The van der Waals surface area contributed by atoms with Gasteiger partial charge in [0.1, 0.15) is 17.0 Å². The molecule has 24 heavy (non-hydrogen) atoms. The highest BCUT2D eigenvalue weighted by molar-refractivity contribution is 7.91. The third-order valence-corrected chi connectivity index (χ3v) is 5.58. The Morgan fingerprint density at radius 1 is 1.33 bits per heavy atom. The maximum atomic E-state index is 12.4. The van der Waals surface area contributed by atoms with Crippen LogP contribution in [0, 0.1) is 6.92 Å². The molecule has 1 atom stereocenters. The van der Waals surface area contributed by atoms with Gasteiger partial charge >= 0.3 is 0 Å². The molecule has 0 spiro atoms. The minimum Gasteiger partial charge on any atom is -0.361 e. The Labute approximate surface area is 141 Å².